The predicted octanol–water partition coefficient (Wildman–Crippen LogP) is 4.03. The SMILES string of the molecule is CC(Oc1ccc2c3c(c(=O)oc2c1)CCCC3)C(=O)N(Cc1ccccn1)C1CC1. The van der Waals surface area contributed by atoms with Crippen molar-refractivity contribution in [2.45, 2.75) is 64.1 Å². The van der Waals surface area contributed by atoms with Gasteiger partial charge in [0.05, 0.1) is 12.2 Å². The average Bonchev–Trinajstić information content (AvgIpc) is 3.63. The number of hydrogen-bond donors (Lipinski definition) is 0. The van der Waals surface area contributed by atoms with Gasteiger partial charge in [-0.3, -0.25) is 9.78 Å². The Labute approximate surface area is 180 Å². The standard InChI is InChI=1S/C25H26N2O4/c1-16(24(28)27(18-9-10-18)15-17-6-4-5-13-26-17)30-19-11-12-21-20-7-2-3-8-22(20)25(29)31-23(21)14-19/h4-6,11-14,16,18H,2-3,7-10,15H2,1H3. The fraction of sp³-hybridized carbons (Fsp3) is 0.400. The Morgan fingerprint density at radius 2 is 2.00 bits per heavy atom. The van der Waals surface area contributed by atoms with Crippen LogP contribution < -0.4 is 10.4 Å². The number of hydrogen-bond acceptors (Lipinski definition) is 5. The minimum absolute atomic E-state index is 0.0554. The molecule has 2 aliphatic carbocycles. The van der Waals surface area contributed by atoms with Crippen LogP contribution in [0.5, 0.6) is 5.75 Å². The molecule has 6 nitrogen and oxygen atoms in total. The molecule has 5 rings (SSSR count). The number of carbonyl (C=O) groups excluding carboxylic acids is 1. The molecule has 2 aromatic heterocycles. The van der Waals surface area contributed by atoms with Crippen LogP contribution in [0, 0.1) is 0 Å². The van der Waals surface area contributed by atoms with Crippen LogP contribution in [0.4, 0.5) is 0 Å². The topological polar surface area (TPSA) is 72.6 Å². The maximum Gasteiger partial charge on any atom is 0.339 e. The fourth-order valence-corrected chi connectivity index (χ4v) is 4.43. The molecule has 0 saturated heterocycles. The molecule has 0 bridgehead atoms. The number of aryl methyl sites for hydroxylation is 1. The molecule has 0 radical (unpaired) electrons. The zero-order valence-corrected chi connectivity index (χ0v) is 17.7. The molecule has 31 heavy (non-hydrogen) atoms. The van der Waals surface area contributed by atoms with Gasteiger partial charge in [0.2, 0.25) is 0 Å². The normalized spacial score (nSPS) is 16.5. The largest absolute Gasteiger partial charge is 0.481 e. The van der Waals surface area contributed by atoms with Crippen LogP contribution in [-0.4, -0.2) is 27.9 Å². The summed E-state index contributed by atoms with van der Waals surface area (Å²) in [5.74, 6) is 0.473. The third-order valence-corrected chi connectivity index (χ3v) is 6.18. The van der Waals surface area contributed by atoms with Crippen LogP contribution in [0.2, 0.25) is 0 Å². The summed E-state index contributed by atoms with van der Waals surface area (Å²) in [6.45, 7) is 2.25. The van der Waals surface area contributed by atoms with Crippen molar-refractivity contribution in [3.63, 3.8) is 0 Å². The van der Waals surface area contributed by atoms with Gasteiger partial charge in [0.15, 0.2) is 6.10 Å². The fourth-order valence-electron chi connectivity index (χ4n) is 4.43. The number of benzene rings is 1. The van der Waals surface area contributed by atoms with Gasteiger partial charge >= 0.3 is 5.63 Å². The summed E-state index contributed by atoms with van der Waals surface area (Å²) in [5.41, 5.74) is 3.05. The molecule has 1 fully saturated rings. The van der Waals surface area contributed by atoms with Crippen molar-refractivity contribution in [1.82, 2.24) is 9.88 Å². The first-order chi connectivity index (χ1) is 15.1. The smallest absolute Gasteiger partial charge is 0.339 e. The molecule has 3 aromatic rings. The van der Waals surface area contributed by atoms with Gasteiger partial charge in [-0.05, 0) is 75.3 Å². The summed E-state index contributed by atoms with van der Waals surface area (Å²) < 4.78 is 11.6. The zero-order valence-electron chi connectivity index (χ0n) is 17.7. The Bertz CT molecular complexity index is 1170. The second-order valence-electron chi connectivity index (χ2n) is 8.49. The first-order valence-corrected chi connectivity index (χ1v) is 11.1. The van der Waals surface area contributed by atoms with Gasteiger partial charge in [-0.15, -0.1) is 0 Å². The third kappa shape index (κ3) is 4.07. The Hall–Kier alpha value is -3.15. The van der Waals surface area contributed by atoms with Crippen LogP contribution >= 0.6 is 0 Å². The number of aromatic nitrogens is 1. The lowest BCUT2D eigenvalue weighted by molar-refractivity contribution is -0.139. The van der Waals surface area contributed by atoms with Gasteiger partial charge < -0.3 is 14.1 Å². The average molecular weight is 418 g/mol. The van der Waals surface area contributed by atoms with Crippen LogP contribution in [0.1, 0.15) is 49.4 Å². The Kier molecular flexibility index (Phi) is 5.22. The van der Waals surface area contributed by atoms with Gasteiger partial charge in [-0.25, -0.2) is 4.79 Å². The van der Waals surface area contributed by atoms with E-state index in [1.807, 2.05) is 35.2 Å². The van der Waals surface area contributed by atoms with E-state index in [1.54, 1.807) is 19.2 Å². The number of carbonyl (C=O) groups is 1. The lowest BCUT2D eigenvalue weighted by Crippen LogP contribution is -2.41. The Morgan fingerprint density at radius 3 is 2.74 bits per heavy atom. The summed E-state index contributed by atoms with van der Waals surface area (Å²) in [4.78, 5) is 31.8. The minimum Gasteiger partial charge on any atom is -0.481 e. The van der Waals surface area contributed by atoms with Crippen molar-refractivity contribution in [2.24, 2.45) is 0 Å². The van der Waals surface area contributed by atoms with Crippen molar-refractivity contribution < 1.29 is 13.9 Å². The van der Waals surface area contributed by atoms with Crippen LogP contribution in [0.15, 0.2) is 51.8 Å². The minimum atomic E-state index is -0.647. The highest BCUT2D eigenvalue weighted by molar-refractivity contribution is 5.84. The van der Waals surface area contributed by atoms with Gasteiger partial charge in [-0.1, -0.05) is 6.07 Å². The monoisotopic (exact) mass is 418 g/mol. The predicted molar refractivity (Wildman–Crippen MR) is 117 cm³/mol. The maximum atomic E-state index is 13.1. The summed E-state index contributed by atoms with van der Waals surface area (Å²) in [6, 6.07) is 11.5. The van der Waals surface area contributed by atoms with E-state index < -0.39 is 6.10 Å². The highest BCUT2D eigenvalue weighted by Gasteiger charge is 2.35. The molecule has 1 atom stereocenters. The van der Waals surface area contributed by atoms with E-state index in [9.17, 15) is 9.59 Å². The van der Waals surface area contributed by atoms with E-state index in [0.29, 0.717) is 17.9 Å². The molecule has 1 saturated carbocycles. The molecule has 2 aliphatic rings. The number of rotatable bonds is 6. The quantitative estimate of drug-likeness (QED) is 0.565. The number of amides is 1. The number of ether oxygens (including phenoxy) is 1. The molecule has 160 valence electrons. The number of nitrogens with zero attached hydrogens (tertiary/aromatic N) is 2. The molecular weight excluding hydrogens is 392 g/mol. The summed E-state index contributed by atoms with van der Waals surface area (Å²) in [6.07, 6.45) is 6.91. The van der Waals surface area contributed by atoms with E-state index in [2.05, 4.69) is 4.98 Å². The molecule has 1 aromatic carbocycles. The maximum absolute atomic E-state index is 13.1. The second-order valence-corrected chi connectivity index (χ2v) is 8.49. The molecular formula is C25H26N2O4. The number of pyridine rings is 1. The molecule has 6 heteroatoms. The third-order valence-electron chi connectivity index (χ3n) is 6.18. The summed E-state index contributed by atoms with van der Waals surface area (Å²) >= 11 is 0. The van der Waals surface area contributed by atoms with Gasteiger partial charge in [0.1, 0.15) is 11.3 Å². The van der Waals surface area contributed by atoms with Crippen molar-refractivity contribution in [2.75, 3.05) is 0 Å². The highest BCUT2D eigenvalue weighted by atomic mass is 16.5. The summed E-state index contributed by atoms with van der Waals surface area (Å²) in [7, 11) is 0. The van der Waals surface area contributed by atoms with Crippen LogP contribution in [0.3, 0.4) is 0 Å². The van der Waals surface area contributed by atoms with E-state index >= 15 is 0 Å². The second kappa shape index (κ2) is 8.17. The van der Waals surface area contributed by atoms with Crippen LogP contribution in [0.25, 0.3) is 11.0 Å². The van der Waals surface area contributed by atoms with E-state index in [0.717, 1.165) is 60.7 Å². The van der Waals surface area contributed by atoms with Gasteiger partial charge in [0, 0.05) is 29.3 Å². The first-order valence-electron chi connectivity index (χ1n) is 11.1. The number of fused-ring (bicyclic) bond motifs is 3. The molecule has 0 aliphatic heterocycles. The van der Waals surface area contributed by atoms with Gasteiger partial charge in [-0.2, -0.15) is 0 Å². The molecule has 0 spiro atoms. The van der Waals surface area contributed by atoms with Crippen molar-refractivity contribution in [3.05, 3.63) is 69.8 Å². The molecule has 2 heterocycles. The van der Waals surface area contributed by atoms with Gasteiger partial charge in [0.25, 0.3) is 5.91 Å². The lowest BCUT2D eigenvalue weighted by atomic mass is 9.91. The molecule has 1 amide bonds. The summed E-state index contributed by atoms with van der Waals surface area (Å²) in [5, 5.41) is 0.968. The highest BCUT2D eigenvalue weighted by Crippen LogP contribution is 2.31. The van der Waals surface area contributed by atoms with Crippen molar-refractivity contribution >= 4 is 16.9 Å². The van der Waals surface area contributed by atoms with E-state index in [1.165, 1.54) is 0 Å². The Balaban J connectivity index is 1.36. The van der Waals surface area contributed by atoms with E-state index in [4.69, 9.17) is 9.15 Å². The van der Waals surface area contributed by atoms with E-state index in [-0.39, 0.29) is 17.6 Å². The lowest BCUT2D eigenvalue weighted by Gasteiger charge is -2.26. The van der Waals surface area contributed by atoms with Crippen molar-refractivity contribution in [1.29, 1.82) is 0 Å². The molecule has 1 unspecified atom stereocenters. The zero-order chi connectivity index (χ0) is 21.4. The van der Waals surface area contributed by atoms with Crippen LogP contribution in [-0.2, 0) is 24.2 Å². The Morgan fingerprint density at radius 1 is 1.19 bits per heavy atom. The van der Waals surface area contributed by atoms with Crippen molar-refractivity contribution in [3.8, 4) is 5.75 Å². The first kappa shape index (κ1) is 19.8. The molecule has 0 N–H and O–H groups in total.